The summed E-state index contributed by atoms with van der Waals surface area (Å²) in [6.07, 6.45) is 1.85. The van der Waals surface area contributed by atoms with Crippen molar-refractivity contribution < 1.29 is 0 Å². The summed E-state index contributed by atoms with van der Waals surface area (Å²) in [7, 11) is 4.23. The number of likely N-dealkylation sites (N-methyl/N-ethyl adjacent to an activating group) is 2. The zero-order valence-corrected chi connectivity index (χ0v) is 12.1. The second kappa shape index (κ2) is 7.46. The number of pyridine rings is 1. The van der Waals surface area contributed by atoms with E-state index in [1.807, 2.05) is 6.20 Å². The highest BCUT2D eigenvalue weighted by atomic mass is 15.2. The molecule has 0 fully saturated rings. The zero-order chi connectivity index (χ0) is 13.5. The van der Waals surface area contributed by atoms with Crippen molar-refractivity contribution >= 4 is 0 Å². The summed E-state index contributed by atoms with van der Waals surface area (Å²) >= 11 is 0. The molecule has 4 nitrogen and oxygen atoms in total. The molecule has 0 aliphatic carbocycles. The minimum absolute atomic E-state index is 0.507. The third-order valence-electron chi connectivity index (χ3n) is 3.13. The lowest BCUT2D eigenvalue weighted by Gasteiger charge is -2.30. The summed E-state index contributed by atoms with van der Waals surface area (Å²) in [4.78, 5) is 8.93. The van der Waals surface area contributed by atoms with Crippen LogP contribution in [0.5, 0.6) is 0 Å². The van der Waals surface area contributed by atoms with Crippen LogP contribution in [-0.2, 0) is 13.1 Å². The van der Waals surface area contributed by atoms with Crippen molar-refractivity contribution in [3.05, 3.63) is 29.6 Å². The summed E-state index contributed by atoms with van der Waals surface area (Å²) in [6.45, 7) is 8.07. The summed E-state index contributed by atoms with van der Waals surface area (Å²) < 4.78 is 0. The van der Waals surface area contributed by atoms with E-state index in [1.54, 1.807) is 0 Å². The number of nitrogens with zero attached hydrogens (tertiary/aromatic N) is 3. The maximum Gasteiger partial charge on any atom is 0.0542 e. The molecule has 1 rings (SSSR count). The van der Waals surface area contributed by atoms with Crippen molar-refractivity contribution in [2.45, 2.75) is 33.0 Å². The predicted molar refractivity (Wildman–Crippen MR) is 76.2 cm³/mol. The molecule has 0 aromatic carbocycles. The SMILES string of the molecule is CCN(Cc1ccnc(CN)c1)C(C)CN(C)C. The highest BCUT2D eigenvalue weighted by molar-refractivity contribution is 5.16. The quantitative estimate of drug-likeness (QED) is 0.792. The molecule has 102 valence electrons. The number of rotatable bonds is 7. The van der Waals surface area contributed by atoms with Gasteiger partial charge >= 0.3 is 0 Å². The Morgan fingerprint density at radius 3 is 2.67 bits per heavy atom. The smallest absolute Gasteiger partial charge is 0.0542 e. The molecule has 0 aliphatic heterocycles. The number of hydrogen-bond donors (Lipinski definition) is 1. The summed E-state index contributed by atoms with van der Waals surface area (Å²) in [5.41, 5.74) is 7.88. The second-order valence-corrected chi connectivity index (χ2v) is 5.03. The van der Waals surface area contributed by atoms with Gasteiger partial charge in [0.25, 0.3) is 0 Å². The van der Waals surface area contributed by atoms with Gasteiger partial charge in [-0.3, -0.25) is 9.88 Å². The Morgan fingerprint density at radius 1 is 1.39 bits per heavy atom. The molecule has 1 heterocycles. The molecule has 0 spiro atoms. The molecule has 1 unspecified atom stereocenters. The van der Waals surface area contributed by atoms with E-state index in [1.165, 1.54) is 5.56 Å². The van der Waals surface area contributed by atoms with Gasteiger partial charge in [0.05, 0.1) is 5.69 Å². The molecule has 0 saturated carbocycles. The standard InChI is InChI=1S/C14H26N4/c1-5-18(12(2)10-17(3)4)11-13-6-7-16-14(8-13)9-15/h6-8,12H,5,9-11,15H2,1-4H3. The Kier molecular flexibility index (Phi) is 6.25. The molecule has 1 aromatic rings. The molecule has 0 bridgehead atoms. The molecule has 1 atom stereocenters. The first-order chi connectivity index (χ1) is 8.56. The minimum atomic E-state index is 0.507. The fourth-order valence-electron chi connectivity index (χ4n) is 2.20. The van der Waals surface area contributed by atoms with E-state index >= 15 is 0 Å². The van der Waals surface area contributed by atoms with Gasteiger partial charge in [-0.25, -0.2) is 0 Å². The van der Waals surface area contributed by atoms with Crippen LogP contribution in [0.2, 0.25) is 0 Å². The summed E-state index contributed by atoms with van der Waals surface area (Å²) in [5, 5.41) is 0. The second-order valence-electron chi connectivity index (χ2n) is 5.03. The Bertz CT molecular complexity index is 351. The van der Waals surface area contributed by atoms with Gasteiger partial charge in [0, 0.05) is 31.9 Å². The monoisotopic (exact) mass is 250 g/mol. The van der Waals surface area contributed by atoms with Crippen molar-refractivity contribution in [3.8, 4) is 0 Å². The fraction of sp³-hybridized carbons (Fsp3) is 0.643. The maximum absolute atomic E-state index is 5.62. The average molecular weight is 250 g/mol. The van der Waals surface area contributed by atoms with Crippen LogP contribution < -0.4 is 5.73 Å². The van der Waals surface area contributed by atoms with E-state index < -0.39 is 0 Å². The Labute approximate surface area is 111 Å². The Hall–Kier alpha value is -0.970. The van der Waals surface area contributed by atoms with Crippen LogP contribution in [0.3, 0.4) is 0 Å². The lowest BCUT2D eigenvalue weighted by molar-refractivity contribution is 0.174. The van der Waals surface area contributed by atoms with Crippen LogP contribution in [0.25, 0.3) is 0 Å². The van der Waals surface area contributed by atoms with Crippen molar-refractivity contribution in [1.82, 2.24) is 14.8 Å². The molecular formula is C14H26N4. The van der Waals surface area contributed by atoms with Crippen LogP contribution in [0, 0.1) is 0 Å². The lowest BCUT2D eigenvalue weighted by atomic mass is 10.1. The summed E-state index contributed by atoms with van der Waals surface area (Å²) in [6, 6.07) is 4.72. The predicted octanol–water partition coefficient (Wildman–Crippen LogP) is 1.31. The van der Waals surface area contributed by atoms with E-state index in [0.717, 1.165) is 25.3 Å². The Balaban J connectivity index is 2.66. The first-order valence-electron chi connectivity index (χ1n) is 6.59. The fourth-order valence-corrected chi connectivity index (χ4v) is 2.20. The Morgan fingerprint density at radius 2 is 2.11 bits per heavy atom. The lowest BCUT2D eigenvalue weighted by Crippen LogP contribution is -2.39. The maximum atomic E-state index is 5.62. The molecule has 0 saturated heterocycles. The van der Waals surface area contributed by atoms with Crippen LogP contribution in [0.1, 0.15) is 25.1 Å². The molecule has 0 amide bonds. The largest absolute Gasteiger partial charge is 0.325 e. The topological polar surface area (TPSA) is 45.4 Å². The van der Waals surface area contributed by atoms with E-state index in [4.69, 9.17) is 5.73 Å². The van der Waals surface area contributed by atoms with E-state index in [0.29, 0.717) is 12.6 Å². The first kappa shape index (κ1) is 15.1. The summed E-state index contributed by atoms with van der Waals surface area (Å²) in [5.74, 6) is 0. The molecule has 18 heavy (non-hydrogen) atoms. The third-order valence-corrected chi connectivity index (χ3v) is 3.13. The van der Waals surface area contributed by atoms with E-state index in [9.17, 15) is 0 Å². The van der Waals surface area contributed by atoms with E-state index in [2.05, 4.69) is 54.9 Å². The van der Waals surface area contributed by atoms with Crippen molar-refractivity contribution in [1.29, 1.82) is 0 Å². The van der Waals surface area contributed by atoms with Crippen LogP contribution in [-0.4, -0.2) is 48.0 Å². The number of nitrogens with two attached hydrogens (primary N) is 1. The van der Waals surface area contributed by atoms with Gasteiger partial charge in [-0.1, -0.05) is 6.92 Å². The van der Waals surface area contributed by atoms with Crippen molar-refractivity contribution in [3.63, 3.8) is 0 Å². The molecule has 4 heteroatoms. The van der Waals surface area contributed by atoms with E-state index in [-0.39, 0.29) is 0 Å². The molecule has 1 aromatic heterocycles. The van der Waals surface area contributed by atoms with Crippen LogP contribution in [0.4, 0.5) is 0 Å². The zero-order valence-electron chi connectivity index (χ0n) is 12.1. The van der Waals surface area contributed by atoms with Crippen LogP contribution in [0.15, 0.2) is 18.3 Å². The number of aromatic nitrogens is 1. The average Bonchev–Trinajstić information content (AvgIpc) is 2.35. The van der Waals surface area contributed by atoms with Gasteiger partial charge in [-0.2, -0.15) is 0 Å². The van der Waals surface area contributed by atoms with Crippen LogP contribution >= 0.6 is 0 Å². The minimum Gasteiger partial charge on any atom is -0.325 e. The van der Waals surface area contributed by atoms with Gasteiger partial charge < -0.3 is 10.6 Å². The molecule has 2 N–H and O–H groups in total. The molecule has 0 aliphatic rings. The van der Waals surface area contributed by atoms with Crippen molar-refractivity contribution in [2.75, 3.05) is 27.2 Å². The number of hydrogen-bond acceptors (Lipinski definition) is 4. The highest BCUT2D eigenvalue weighted by Crippen LogP contribution is 2.09. The highest BCUT2D eigenvalue weighted by Gasteiger charge is 2.13. The molecular weight excluding hydrogens is 224 g/mol. The van der Waals surface area contributed by atoms with Crippen molar-refractivity contribution in [2.24, 2.45) is 5.73 Å². The molecule has 0 radical (unpaired) electrons. The van der Waals surface area contributed by atoms with Gasteiger partial charge in [0.15, 0.2) is 0 Å². The normalized spacial score (nSPS) is 13.3. The first-order valence-corrected chi connectivity index (χ1v) is 6.59. The van der Waals surface area contributed by atoms with Gasteiger partial charge in [-0.15, -0.1) is 0 Å². The van der Waals surface area contributed by atoms with Gasteiger partial charge in [-0.05, 0) is 45.3 Å². The van der Waals surface area contributed by atoms with Gasteiger partial charge in [0.1, 0.15) is 0 Å². The van der Waals surface area contributed by atoms with Gasteiger partial charge in [0.2, 0.25) is 0 Å². The third kappa shape index (κ3) is 4.72.